The molecule has 1 atom stereocenters. The molecule has 0 heterocycles. The highest BCUT2D eigenvalue weighted by Crippen LogP contribution is 2.24. The van der Waals surface area contributed by atoms with Crippen molar-refractivity contribution in [3.05, 3.63) is 89.5 Å². The van der Waals surface area contributed by atoms with Crippen LogP contribution in [0.25, 0.3) is 16.5 Å². The van der Waals surface area contributed by atoms with E-state index in [0.29, 0.717) is 5.92 Å². The first kappa shape index (κ1) is 20.2. The zero-order valence-corrected chi connectivity index (χ0v) is 17.5. The van der Waals surface area contributed by atoms with Crippen molar-refractivity contribution < 1.29 is 0 Å². The molecule has 0 spiro atoms. The normalized spacial score (nSPS) is 12.9. The highest BCUT2D eigenvalue weighted by atomic mass is 14.9. The summed E-state index contributed by atoms with van der Waals surface area (Å²) in [5.41, 5.74) is 5.35. The van der Waals surface area contributed by atoms with Crippen LogP contribution in [0.2, 0.25) is 0 Å². The third-order valence-corrected chi connectivity index (χ3v) is 5.47. The lowest BCUT2D eigenvalue weighted by molar-refractivity contribution is 0.687. The Labute approximate surface area is 170 Å². The minimum atomic E-state index is 0.574. The maximum atomic E-state index is 3.69. The van der Waals surface area contributed by atoms with E-state index in [-0.39, 0.29) is 0 Å². The van der Waals surface area contributed by atoms with Gasteiger partial charge >= 0.3 is 0 Å². The number of aryl methyl sites for hydroxylation is 1. The monoisotopic (exact) mass is 371 g/mol. The van der Waals surface area contributed by atoms with Crippen LogP contribution in [0, 0.1) is 6.92 Å². The van der Waals surface area contributed by atoms with Gasteiger partial charge < -0.3 is 5.32 Å². The number of unbranched alkanes of at least 4 members (excludes halogenated alkanes) is 1. The van der Waals surface area contributed by atoms with Gasteiger partial charge in [0.25, 0.3) is 0 Å². The van der Waals surface area contributed by atoms with Crippen LogP contribution in [0.3, 0.4) is 0 Å². The molecule has 28 heavy (non-hydrogen) atoms. The lowest BCUT2D eigenvalue weighted by Gasteiger charge is -2.14. The topological polar surface area (TPSA) is 12.0 Å². The lowest BCUT2D eigenvalue weighted by atomic mass is 9.94. The molecule has 0 aliphatic heterocycles. The summed E-state index contributed by atoms with van der Waals surface area (Å²) in [4.78, 5) is 0. The lowest BCUT2D eigenvalue weighted by Crippen LogP contribution is -2.13. The van der Waals surface area contributed by atoms with Crippen molar-refractivity contribution in [2.24, 2.45) is 0 Å². The molecule has 1 heteroatoms. The summed E-state index contributed by atoms with van der Waals surface area (Å²) in [6, 6.07) is 24.3. The summed E-state index contributed by atoms with van der Waals surface area (Å²) in [7, 11) is 0. The van der Waals surface area contributed by atoms with Crippen molar-refractivity contribution in [1.82, 2.24) is 5.32 Å². The maximum absolute atomic E-state index is 3.69. The van der Waals surface area contributed by atoms with Crippen molar-refractivity contribution in [1.29, 1.82) is 0 Å². The van der Waals surface area contributed by atoms with Gasteiger partial charge in [0.05, 0.1) is 0 Å². The molecule has 1 unspecified atom stereocenters. The van der Waals surface area contributed by atoms with E-state index in [1.54, 1.807) is 0 Å². The fourth-order valence-corrected chi connectivity index (χ4v) is 3.67. The predicted octanol–water partition coefficient (Wildman–Crippen LogP) is 7.46. The first-order valence-corrected chi connectivity index (χ1v) is 10.7. The predicted molar refractivity (Wildman–Crippen MR) is 124 cm³/mol. The Morgan fingerprint density at radius 3 is 2.57 bits per heavy atom. The smallest absolute Gasteiger partial charge is 0.0373 e. The van der Waals surface area contributed by atoms with Crippen molar-refractivity contribution in [3.63, 3.8) is 0 Å². The summed E-state index contributed by atoms with van der Waals surface area (Å²) in [5, 5.41) is 6.29. The Hall–Kier alpha value is -2.54. The Kier molecular flexibility index (Phi) is 7.31. The van der Waals surface area contributed by atoms with E-state index in [1.807, 2.05) is 0 Å². The molecule has 3 aromatic rings. The largest absolute Gasteiger partial charge is 0.385 e. The second-order valence-electron chi connectivity index (χ2n) is 7.85. The standard InChI is InChI=1S/C27H33N/c1-4-5-18-28-27(26-17-16-23-12-6-7-13-25(23)20-26)15-9-11-22(3)24-14-8-10-21(2)19-24/h6-8,10,12-17,19-20,22,28H,4-5,9,11,18H2,1-3H3/b27-15-. The van der Waals surface area contributed by atoms with Gasteiger partial charge in [-0.3, -0.25) is 0 Å². The Balaban J connectivity index is 1.74. The quantitative estimate of drug-likeness (QED) is 0.385. The summed E-state index contributed by atoms with van der Waals surface area (Å²) in [5.74, 6) is 0.574. The second-order valence-corrected chi connectivity index (χ2v) is 7.85. The third kappa shape index (κ3) is 5.48. The first-order valence-electron chi connectivity index (χ1n) is 10.7. The molecule has 0 saturated heterocycles. The van der Waals surface area contributed by atoms with E-state index in [9.17, 15) is 0 Å². The highest BCUT2D eigenvalue weighted by Gasteiger charge is 2.07. The number of rotatable bonds is 9. The molecule has 0 radical (unpaired) electrons. The van der Waals surface area contributed by atoms with Crippen LogP contribution in [-0.2, 0) is 0 Å². The minimum Gasteiger partial charge on any atom is -0.385 e. The first-order chi connectivity index (χ1) is 13.7. The number of allylic oxidation sites excluding steroid dienone is 1. The van der Waals surface area contributed by atoms with Crippen LogP contribution in [0.4, 0.5) is 0 Å². The van der Waals surface area contributed by atoms with Gasteiger partial charge in [0.1, 0.15) is 0 Å². The van der Waals surface area contributed by atoms with Crippen LogP contribution < -0.4 is 5.32 Å². The number of hydrogen-bond donors (Lipinski definition) is 1. The molecular formula is C27H33N. The van der Waals surface area contributed by atoms with Crippen LogP contribution in [0.1, 0.15) is 62.1 Å². The van der Waals surface area contributed by atoms with Gasteiger partial charge in [-0.15, -0.1) is 0 Å². The Bertz CT molecular complexity index is 922. The number of hydrogen-bond acceptors (Lipinski definition) is 1. The molecule has 3 aromatic carbocycles. The average molecular weight is 372 g/mol. The van der Waals surface area contributed by atoms with Gasteiger partial charge in [-0.2, -0.15) is 0 Å². The van der Waals surface area contributed by atoms with E-state index >= 15 is 0 Å². The summed E-state index contributed by atoms with van der Waals surface area (Å²) in [6.07, 6.45) is 7.05. The van der Waals surface area contributed by atoms with E-state index in [1.165, 1.54) is 46.0 Å². The number of fused-ring (bicyclic) bond motifs is 1. The zero-order valence-electron chi connectivity index (χ0n) is 17.5. The molecule has 0 aromatic heterocycles. The summed E-state index contributed by atoms with van der Waals surface area (Å²) in [6.45, 7) is 7.78. The number of nitrogens with one attached hydrogen (secondary N) is 1. The van der Waals surface area contributed by atoms with Gasteiger partial charge in [-0.05, 0) is 60.1 Å². The Morgan fingerprint density at radius 2 is 1.79 bits per heavy atom. The van der Waals surface area contributed by atoms with Crippen LogP contribution in [-0.4, -0.2) is 6.54 Å². The summed E-state index contributed by atoms with van der Waals surface area (Å²) >= 11 is 0. The maximum Gasteiger partial charge on any atom is 0.0373 e. The van der Waals surface area contributed by atoms with Crippen LogP contribution in [0.5, 0.6) is 0 Å². The molecule has 0 aliphatic rings. The van der Waals surface area contributed by atoms with E-state index in [2.05, 4.69) is 98.9 Å². The van der Waals surface area contributed by atoms with Gasteiger partial charge in [0, 0.05) is 12.2 Å². The molecule has 1 nitrogen and oxygen atoms in total. The molecule has 1 N–H and O–H groups in total. The molecule has 3 rings (SSSR count). The van der Waals surface area contributed by atoms with Crippen LogP contribution in [0.15, 0.2) is 72.8 Å². The van der Waals surface area contributed by atoms with Crippen molar-refractivity contribution in [2.75, 3.05) is 6.54 Å². The molecular weight excluding hydrogens is 338 g/mol. The molecule has 146 valence electrons. The van der Waals surface area contributed by atoms with Crippen LogP contribution >= 0.6 is 0 Å². The molecule has 0 fully saturated rings. The average Bonchev–Trinajstić information content (AvgIpc) is 2.72. The van der Waals surface area contributed by atoms with E-state index in [0.717, 1.165) is 19.4 Å². The van der Waals surface area contributed by atoms with Gasteiger partial charge in [0.2, 0.25) is 0 Å². The zero-order chi connectivity index (χ0) is 19.8. The van der Waals surface area contributed by atoms with Gasteiger partial charge in [-0.1, -0.05) is 92.6 Å². The van der Waals surface area contributed by atoms with Gasteiger partial charge in [0.15, 0.2) is 0 Å². The van der Waals surface area contributed by atoms with Crippen molar-refractivity contribution in [3.8, 4) is 0 Å². The van der Waals surface area contributed by atoms with Gasteiger partial charge in [-0.25, -0.2) is 0 Å². The van der Waals surface area contributed by atoms with E-state index < -0.39 is 0 Å². The Morgan fingerprint density at radius 1 is 0.964 bits per heavy atom. The van der Waals surface area contributed by atoms with Crippen molar-refractivity contribution in [2.45, 2.75) is 52.4 Å². The molecule has 0 bridgehead atoms. The highest BCUT2D eigenvalue weighted by molar-refractivity contribution is 5.86. The molecule has 0 saturated carbocycles. The summed E-state index contributed by atoms with van der Waals surface area (Å²) < 4.78 is 0. The molecule has 0 aliphatic carbocycles. The SMILES string of the molecule is CCCCN/C(=C\CCC(C)c1cccc(C)c1)c1ccc2ccccc2c1. The third-order valence-electron chi connectivity index (χ3n) is 5.47. The number of benzene rings is 3. The minimum absolute atomic E-state index is 0.574. The fourth-order valence-electron chi connectivity index (χ4n) is 3.67. The van der Waals surface area contributed by atoms with E-state index in [4.69, 9.17) is 0 Å². The second kappa shape index (κ2) is 10.1. The fraction of sp³-hybridized carbons (Fsp3) is 0.333. The molecule has 0 amide bonds. The van der Waals surface area contributed by atoms with Crippen molar-refractivity contribution >= 4 is 16.5 Å².